The van der Waals surface area contributed by atoms with E-state index in [2.05, 4.69) is 54.7 Å². The van der Waals surface area contributed by atoms with Crippen molar-refractivity contribution in [3.8, 4) is 0 Å². The summed E-state index contributed by atoms with van der Waals surface area (Å²) in [7, 11) is 5.64. The van der Waals surface area contributed by atoms with Crippen molar-refractivity contribution in [3.63, 3.8) is 0 Å². The van der Waals surface area contributed by atoms with E-state index in [4.69, 9.17) is 4.74 Å². The zero-order valence-corrected chi connectivity index (χ0v) is 29.6. The van der Waals surface area contributed by atoms with Gasteiger partial charge in [0, 0.05) is 6.42 Å². The van der Waals surface area contributed by atoms with Gasteiger partial charge in [0.15, 0.2) is 6.54 Å². The summed E-state index contributed by atoms with van der Waals surface area (Å²) in [5.74, 6) is -0.353. The van der Waals surface area contributed by atoms with Crippen LogP contribution in [-0.2, 0) is 19.1 Å². The van der Waals surface area contributed by atoms with Crippen molar-refractivity contribution in [2.24, 2.45) is 0 Å². The Morgan fingerprint density at radius 3 is 1.88 bits per heavy atom. The molecule has 0 aliphatic heterocycles. The largest absolute Gasteiger partial charge is 0.469 e. The van der Waals surface area contributed by atoms with Gasteiger partial charge in [0.25, 0.3) is 0 Å². The van der Waals surface area contributed by atoms with E-state index in [1.165, 1.54) is 64.9 Å². The quantitative estimate of drug-likeness (QED) is 0.0285. The Morgan fingerprint density at radius 1 is 0.762 bits per heavy atom. The number of nitrogens with zero attached hydrogens (tertiary/aromatic N) is 1. The minimum Gasteiger partial charge on any atom is -0.469 e. The van der Waals surface area contributed by atoms with E-state index in [0.717, 1.165) is 70.8 Å². The molecule has 1 N–H and O–H groups in total. The van der Waals surface area contributed by atoms with E-state index in [9.17, 15) is 14.7 Å². The highest BCUT2D eigenvalue weighted by Gasteiger charge is 2.30. The van der Waals surface area contributed by atoms with Crippen LogP contribution in [0.25, 0.3) is 0 Å². The van der Waals surface area contributed by atoms with E-state index in [1.54, 1.807) is 0 Å². The van der Waals surface area contributed by atoms with E-state index in [-0.39, 0.29) is 16.8 Å². The molecule has 3 atom stereocenters. The summed E-state index contributed by atoms with van der Waals surface area (Å²) in [5.41, 5.74) is 0. The molecule has 0 amide bonds. The third-order valence-electron chi connectivity index (χ3n) is 8.06. The van der Waals surface area contributed by atoms with Gasteiger partial charge in [0.1, 0.15) is 12.2 Å². The maximum atomic E-state index is 13.0. The Bertz CT molecular complexity index is 684. The summed E-state index contributed by atoms with van der Waals surface area (Å²) in [5, 5.41) is 11.1. The van der Waals surface area contributed by atoms with Gasteiger partial charge in [0.2, 0.25) is 0 Å². The van der Waals surface area contributed by atoms with E-state index < -0.39 is 12.2 Å². The van der Waals surface area contributed by atoms with Crippen LogP contribution in [0.15, 0.2) is 12.2 Å². The molecular formula is C35H67BrNO5+. The summed E-state index contributed by atoms with van der Waals surface area (Å²) in [4.78, 5) is 23.9. The van der Waals surface area contributed by atoms with Crippen molar-refractivity contribution in [1.82, 2.24) is 0 Å². The molecule has 0 saturated heterocycles. The van der Waals surface area contributed by atoms with Crippen molar-refractivity contribution >= 4 is 27.9 Å². The lowest BCUT2D eigenvalue weighted by Gasteiger charge is -2.31. The van der Waals surface area contributed by atoms with Crippen LogP contribution in [0.4, 0.5) is 0 Å². The molecule has 3 unspecified atom stereocenters. The number of esters is 2. The second-order valence-electron chi connectivity index (χ2n) is 12.8. The van der Waals surface area contributed by atoms with Crippen molar-refractivity contribution in [2.75, 3.05) is 34.3 Å². The molecule has 0 rings (SSSR count). The highest BCUT2D eigenvalue weighted by atomic mass is 79.9. The predicted molar refractivity (Wildman–Crippen MR) is 180 cm³/mol. The van der Waals surface area contributed by atoms with Gasteiger partial charge >= 0.3 is 11.9 Å². The number of halogens is 1. The Balaban J connectivity index is 4.45. The lowest BCUT2D eigenvalue weighted by Crippen LogP contribution is -2.47. The molecule has 0 heterocycles. The first-order chi connectivity index (χ1) is 20.2. The molecule has 6 nitrogen and oxygen atoms in total. The lowest BCUT2D eigenvalue weighted by atomic mass is 10.0. The molecule has 42 heavy (non-hydrogen) atoms. The standard InChI is InChI=1S/C35H67BrNO5/c1-6-8-10-11-12-13-14-18-21-25-29-37(3,4)30-34(39)42-32(27-22-9-7-2)35(40)31(36)26-23-19-16-15-17-20-24-28-33(38)41-5/h23,26,31-32,35,40H,6-22,24-25,27-30H2,1-5H3/q+1/b26-23+. The van der Waals surface area contributed by atoms with Gasteiger partial charge < -0.3 is 19.1 Å². The van der Waals surface area contributed by atoms with E-state index in [1.807, 2.05) is 6.08 Å². The second-order valence-corrected chi connectivity index (χ2v) is 13.8. The van der Waals surface area contributed by atoms with Crippen molar-refractivity contribution in [2.45, 2.75) is 166 Å². The molecular weight excluding hydrogens is 594 g/mol. The number of aliphatic hydroxyl groups excluding tert-OH is 1. The molecule has 0 saturated carbocycles. The van der Waals surface area contributed by atoms with E-state index in [0.29, 0.717) is 23.9 Å². The Labute approximate surface area is 268 Å². The first kappa shape index (κ1) is 41.1. The number of hydrogen-bond acceptors (Lipinski definition) is 5. The fourth-order valence-electron chi connectivity index (χ4n) is 5.27. The smallest absolute Gasteiger partial charge is 0.362 e. The molecule has 0 aliphatic carbocycles. The number of hydrogen-bond donors (Lipinski definition) is 1. The Kier molecular flexibility index (Phi) is 27.0. The lowest BCUT2D eigenvalue weighted by molar-refractivity contribution is -0.883. The van der Waals surface area contributed by atoms with Crippen LogP contribution >= 0.6 is 15.9 Å². The van der Waals surface area contributed by atoms with Gasteiger partial charge in [-0.3, -0.25) is 4.79 Å². The number of carbonyl (C=O) groups is 2. The average molecular weight is 662 g/mol. The number of rotatable bonds is 29. The van der Waals surface area contributed by atoms with Crippen LogP contribution in [0.3, 0.4) is 0 Å². The van der Waals surface area contributed by atoms with E-state index >= 15 is 0 Å². The first-order valence-electron chi connectivity index (χ1n) is 17.2. The Hall–Kier alpha value is -0.920. The number of ether oxygens (including phenoxy) is 2. The number of alkyl halides is 1. The summed E-state index contributed by atoms with van der Waals surface area (Å²) in [6, 6.07) is 0. The molecule has 0 spiro atoms. The summed E-state index contributed by atoms with van der Waals surface area (Å²) in [6.45, 7) is 5.71. The molecule has 0 fully saturated rings. The van der Waals surface area contributed by atoms with Crippen LogP contribution in [0, 0.1) is 0 Å². The van der Waals surface area contributed by atoms with Gasteiger partial charge in [-0.25, -0.2) is 4.79 Å². The average Bonchev–Trinajstić information content (AvgIpc) is 2.95. The van der Waals surface area contributed by atoms with Crippen LogP contribution in [0.2, 0.25) is 0 Å². The molecule has 248 valence electrons. The molecule has 7 heteroatoms. The Morgan fingerprint density at radius 2 is 1.29 bits per heavy atom. The molecule has 0 aromatic carbocycles. The van der Waals surface area contributed by atoms with Crippen LogP contribution in [-0.4, -0.2) is 72.9 Å². The molecule has 0 aromatic heterocycles. The minimum atomic E-state index is -0.780. The van der Waals surface area contributed by atoms with Gasteiger partial charge in [-0.2, -0.15) is 0 Å². The number of carbonyl (C=O) groups excluding carboxylic acids is 2. The summed E-state index contributed by atoms with van der Waals surface area (Å²) < 4.78 is 11.2. The molecule has 0 radical (unpaired) electrons. The third kappa shape index (κ3) is 24.5. The number of aliphatic hydroxyl groups is 1. The SMILES string of the molecule is CCCCCCCCCCCC[N+](C)(C)CC(=O)OC(CCCCC)C(O)C(Br)/C=C/CCCCCCCC(=O)OC. The number of unbranched alkanes of at least 4 members (excludes halogenated alkanes) is 16. The zero-order chi connectivity index (χ0) is 31.5. The fourth-order valence-corrected chi connectivity index (χ4v) is 5.82. The van der Waals surface area contributed by atoms with Crippen LogP contribution in [0.5, 0.6) is 0 Å². The van der Waals surface area contributed by atoms with Crippen molar-refractivity contribution < 1.29 is 28.7 Å². The normalized spacial score (nSPS) is 14.2. The third-order valence-corrected chi connectivity index (χ3v) is 8.90. The molecule has 0 aromatic rings. The number of likely N-dealkylation sites (N-methyl/N-ethyl adjacent to an activating group) is 1. The topological polar surface area (TPSA) is 72.8 Å². The minimum absolute atomic E-state index is 0.134. The number of methoxy groups -OCH3 is 1. The van der Waals surface area contributed by atoms with Crippen LogP contribution in [0.1, 0.15) is 149 Å². The predicted octanol–water partition coefficient (Wildman–Crippen LogP) is 9.06. The van der Waals surface area contributed by atoms with Gasteiger partial charge in [-0.15, -0.1) is 0 Å². The van der Waals surface area contributed by atoms with Gasteiger partial charge in [-0.05, 0) is 44.9 Å². The maximum absolute atomic E-state index is 13.0. The maximum Gasteiger partial charge on any atom is 0.362 e. The van der Waals surface area contributed by atoms with Crippen LogP contribution < -0.4 is 0 Å². The zero-order valence-electron chi connectivity index (χ0n) is 28.1. The summed E-state index contributed by atoms with van der Waals surface area (Å²) in [6.07, 6.45) is 26.3. The fraction of sp³-hybridized carbons (Fsp3) is 0.886. The highest BCUT2D eigenvalue weighted by molar-refractivity contribution is 9.09. The monoisotopic (exact) mass is 660 g/mol. The second kappa shape index (κ2) is 27.6. The summed E-state index contributed by atoms with van der Waals surface area (Å²) >= 11 is 3.63. The van der Waals surface area contributed by atoms with Crippen molar-refractivity contribution in [3.05, 3.63) is 12.2 Å². The first-order valence-corrected chi connectivity index (χ1v) is 18.2. The van der Waals surface area contributed by atoms with Gasteiger partial charge in [0.05, 0.1) is 32.6 Å². The molecule has 0 bridgehead atoms. The van der Waals surface area contributed by atoms with Gasteiger partial charge in [-0.1, -0.05) is 125 Å². The number of allylic oxidation sites excluding steroid dienone is 1. The highest BCUT2D eigenvalue weighted by Crippen LogP contribution is 2.20. The van der Waals surface area contributed by atoms with Crippen molar-refractivity contribution in [1.29, 1.82) is 0 Å². The molecule has 0 aliphatic rings. The number of quaternary nitrogens is 1.